The average molecular weight is 530 g/mol. The van der Waals surface area contributed by atoms with E-state index in [1.54, 1.807) is 42.5 Å². The van der Waals surface area contributed by atoms with E-state index in [0.29, 0.717) is 28.0 Å². The zero-order valence-electron chi connectivity index (χ0n) is 20.7. The number of aliphatic hydroxyl groups is 1. The molecule has 3 atom stereocenters. The SMILES string of the molecule is NC(=O)[C@@H](CC1CC1)[C@@H](CCC(F)(F)F)C(=O)N[C@H]1N=C(c2ccccc2)c2cccc(CO)c2CC1=O. The molecule has 4 N–H and O–H groups in total. The van der Waals surface area contributed by atoms with Crippen molar-refractivity contribution >= 4 is 23.3 Å². The molecular formula is C28H30F3N3O4. The first-order chi connectivity index (χ1) is 18.1. The smallest absolute Gasteiger partial charge is 0.389 e. The van der Waals surface area contributed by atoms with E-state index in [1.807, 2.05) is 6.07 Å². The molecule has 0 aromatic heterocycles. The van der Waals surface area contributed by atoms with Crippen LogP contribution >= 0.6 is 0 Å². The summed E-state index contributed by atoms with van der Waals surface area (Å²) >= 11 is 0. The van der Waals surface area contributed by atoms with Gasteiger partial charge in [0, 0.05) is 35.8 Å². The molecule has 0 radical (unpaired) electrons. The fraction of sp³-hybridized carbons (Fsp3) is 0.429. The number of hydrogen-bond donors (Lipinski definition) is 3. The summed E-state index contributed by atoms with van der Waals surface area (Å²) in [6.07, 6.45) is -6.07. The summed E-state index contributed by atoms with van der Waals surface area (Å²) < 4.78 is 39.3. The van der Waals surface area contributed by atoms with E-state index < -0.39 is 54.6 Å². The molecule has 1 fully saturated rings. The van der Waals surface area contributed by atoms with Crippen molar-refractivity contribution in [3.63, 3.8) is 0 Å². The number of carbonyl (C=O) groups is 3. The largest absolute Gasteiger partial charge is 0.392 e. The molecule has 10 heteroatoms. The average Bonchev–Trinajstić information content (AvgIpc) is 3.71. The van der Waals surface area contributed by atoms with Crippen molar-refractivity contribution in [2.24, 2.45) is 28.5 Å². The van der Waals surface area contributed by atoms with Crippen LogP contribution < -0.4 is 11.1 Å². The van der Waals surface area contributed by atoms with E-state index >= 15 is 0 Å². The lowest BCUT2D eigenvalue weighted by Crippen LogP contribution is -2.47. The molecule has 0 unspecified atom stereocenters. The first-order valence-corrected chi connectivity index (χ1v) is 12.6. The fourth-order valence-electron chi connectivity index (χ4n) is 4.96. The molecule has 2 aromatic rings. The minimum absolute atomic E-state index is 0.141. The van der Waals surface area contributed by atoms with Crippen LogP contribution in [0.3, 0.4) is 0 Å². The van der Waals surface area contributed by atoms with Crippen molar-refractivity contribution < 1.29 is 32.7 Å². The van der Waals surface area contributed by atoms with Gasteiger partial charge in [-0.05, 0) is 29.9 Å². The van der Waals surface area contributed by atoms with Gasteiger partial charge in [-0.15, -0.1) is 0 Å². The Labute approximate surface area is 218 Å². The molecular weight excluding hydrogens is 499 g/mol. The number of benzene rings is 2. The van der Waals surface area contributed by atoms with Gasteiger partial charge in [-0.25, -0.2) is 0 Å². The van der Waals surface area contributed by atoms with Crippen molar-refractivity contribution in [1.82, 2.24) is 5.32 Å². The second-order valence-electron chi connectivity index (χ2n) is 9.95. The Balaban J connectivity index is 1.69. The number of hydrogen-bond acceptors (Lipinski definition) is 5. The molecule has 1 heterocycles. The Hall–Kier alpha value is -3.53. The number of fused-ring (bicyclic) bond motifs is 1. The standard InChI is InChI=1S/C28H30F3N3O4/c29-28(30,31)12-11-20(22(25(32)37)13-16-9-10-16)27(38)34-26-23(36)14-21-18(15-35)7-4-8-19(21)24(33-26)17-5-2-1-3-6-17/h1-8,16,20,22,26,35H,9-15H2,(H2,32,37)(H,34,38)/t20-,22+,26-/m1/s1. The van der Waals surface area contributed by atoms with Gasteiger partial charge >= 0.3 is 6.18 Å². The number of primary amides is 1. The monoisotopic (exact) mass is 529 g/mol. The Morgan fingerprint density at radius 2 is 1.79 bits per heavy atom. The van der Waals surface area contributed by atoms with Crippen molar-refractivity contribution in [1.29, 1.82) is 0 Å². The number of Topliss-reactive ketones (excluding diaryl/α,β-unsaturated/α-hetero) is 1. The van der Waals surface area contributed by atoms with Crippen LogP contribution in [-0.2, 0) is 27.4 Å². The number of rotatable bonds is 10. The maximum absolute atomic E-state index is 13.4. The summed E-state index contributed by atoms with van der Waals surface area (Å²) in [4.78, 5) is 43.6. The lowest BCUT2D eigenvalue weighted by Gasteiger charge is -2.26. The van der Waals surface area contributed by atoms with Gasteiger partial charge in [-0.2, -0.15) is 13.2 Å². The van der Waals surface area contributed by atoms with Gasteiger partial charge in [-0.1, -0.05) is 61.4 Å². The molecule has 1 aliphatic carbocycles. The molecule has 7 nitrogen and oxygen atoms in total. The van der Waals surface area contributed by atoms with E-state index in [4.69, 9.17) is 5.73 Å². The van der Waals surface area contributed by atoms with Crippen molar-refractivity contribution in [2.75, 3.05) is 0 Å². The summed E-state index contributed by atoms with van der Waals surface area (Å²) in [6.45, 7) is -0.309. The summed E-state index contributed by atoms with van der Waals surface area (Å²) in [5, 5.41) is 12.4. The summed E-state index contributed by atoms with van der Waals surface area (Å²) in [5.41, 5.74) is 8.33. The van der Waals surface area contributed by atoms with Crippen molar-refractivity contribution in [2.45, 2.75) is 57.5 Å². The van der Waals surface area contributed by atoms with E-state index in [-0.39, 0.29) is 25.4 Å². The highest BCUT2D eigenvalue weighted by molar-refractivity contribution is 6.16. The number of aliphatic imine (C=N–C) groups is 1. The quantitative estimate of drug-likeness (QED) is 0.437. The number of carbonyl (C=O) groups excluding carboxylic acids is 3. The third-order valence-electron chi connectivity index (χ3n) is 7.15. The van der Waals surface area contributed by atoms with Crippen molar-refractivity contribution in [3.8, 4) is 0 Å². The lowest BCUT2D eigenvalue weighted by atomic mass is 9.83. The summed E-state index contributed by atoms with van der Waals surface area (Å²) in [7, 11) is 0. The number of nitrogens with one attached hydrogen (secondary N) is 1. The van der Waals surface area contributed by atoms with Crippen LogP contribution in [0.25, 0.3) is 0 Å². The van der Waals surface area contributed by atoms with E-state index in [1.165, 1.54) is 0 Å². The molecule has 1 saturated carbocycles. The summed E-state index contributed by atoms with van der Waals surface area (Å²) in [5.74, 6) is -4.47. The van der Waals surface area contributed by atoms with Gasteiger partial charge in [0.2, 0.25) is 11.8 Å². The van der Waals surface area contributed by atoms with E-state index in [9.17, 15) is 32.7 Å². The van der Waals surface area contributed by atoms with Crippen LogP contribution in [0.1, 0.15) is 54.4 Å². The number of aliphatic hydroxyl groups excluding tert-OH is 1. The Morgan fingerprint density at radius 1 is 1.08 bits per heavy atom. The molecule has 0 saturated heterocycles. The van der Waals surface area contributed by atoms with Gasteiger partial charge in [0.15, 0.2) is 11.9 Å². The van der Waals surface area contributed by atoms with Crippen LogP contribution in [0, 0.1) is 17.8 Å². The number of halogens is 3. The third-order valence-corrected chi connectivity index (χ3v) is 7.15. The minimum Gasteiger partial charge on any atom is -0.392 e. The van der Waals surface area contributed by atoms with Gasteiger partial charge in [0.05, 0.1) is 12.3 Å². The summed E-state index contributed by atoms with van der Waals surface area (Å²) in [6, 6.07) is 14.1. The van der Waals surface area contributed by atoms with Crippen LogP contribution in [0.5, 0.6) is 0 Å². The van der Waals surface area contributed by atoms with Gasteiger partial charge < -0.3 is 16.2 Å². The number of nitrogens with zero attached hydrogens (tertiary/aromatic N) is 1. The predicted octanol–water partition coefficient (Wildman–Crippen LogP) is 3.44. The predicted molar refractivity (Wildman–Crippen MR) is 134 cm³/mol. The molecule has 202 valence electrons. The molecule has 2 aromatic carbocycles. The number of alkyl halides is 3. The normalized spacial score (nSPS) is 19.1. The molecule has 2 aliphatic rings. The Kier molecular flexibility index (Phi) is 8.30. The fourth-order valence-corrected chi connectivity index (χ4v) is 4.96. The van der Waals surface area contributed by atoms with Crippen LogP contribution in [-0.4, -0.2) is 40.8 Å². The molecule has 4 rings (SSSR count). The molecule has 0 bridgehead atoms. The highest BCUT2D eigenvalue weighted by Crippen LogP contribution is 2.39. The zero-order valence-corrected chi connectivity index (χ0v) is 20.7. The molecule has 38 heavy (non-hydrogen) atoms. The topological polar surface area (TPSA) is 122 Å². The third kappa shape index (κ3) is 6.66. The van der Waals surface area contributed by atoms with Crippen molar-refractivity contribution in [3.05, 3.63) is 70.8 Å². The highest BCUT2D eigenvalue weighted by Gasteiger charge is 2.41. The second kappa shape index (κ2) is 11.5. The van der Waals surface area contributed by atoms with Gasteiger partial charge in [-0.3, -0.25) is 19.4 Å². The lowest BCUT2D eigenvalue weighted by molar-refractivity contribution is -0.146. The Bertz CT molecular complexity index is 1230. The van der Waals surface area contributed by atoms with E-state index in [2.05, 4.69) is 10.3 Å². The zero-order chi connectivity index (χ0) is 27.4. The van der Waals surface area contributed by atoms with E-state index in [0.717, 1.165) is 12.8 Å². The Morgan fingerprint density at radius 3 is 2.39 bits per heavy atom. The first kappa shape index (κ1) is 27.5. The maximum Gasteiger partial charge on any atom is 0.389 e. The number of ketones is 1. The van der Waals surface area contributed by atoms with Gasteiger partial charge in [0.1, 0.15) is 0 Å². The van der Waals surface area contributed by atoms with Crippen LogP contribution in [0.15, 0.2) is 53.5 Å². The van der Waals surface area contributed by atoms with Gasteiger partial charge in [0.25, 0.3) is 0 Å². The van der Waals surface area contributed by atoms with Crippen LogP contribution in [0.4, 0.5) is 13.2 Å². The molecule has 2 amide bonds. The second-order valence-corrected chi connectivity index (χ2v) is 9.95. The molecule has 0 spiro atoms. The maximum atomic E-state index is 13.4. The number of nitrogens with two attached hydrogens (primary N) is 1. The number of amides is 2. The van der Waals surface area contributed by atoms with Crippen LogP contribution in [0.2, 0.25) is 0 Å². The minimum atomic E-state index is -4.53. The molecule has 1 aliphatic heterocycles. The first-order valence-electron chi connectivity index (χ1n) is 12.6. The highest BCUT2D eigenvalue weighted by atomic mass is 19.4.